The van der Waals surface area contributed by atoms with E-state index in [1.54, 1.807) is 57.7 Å². The second-order valence-electron chi connectivity index (χ2n) is 5.83. The molecule has 0 aliphatic carbocycles. The summed E-state index contributed by atoms with van der Waals surface area (Å²) in [6.45, 7) is 0. The summed E-state index contributed by atoms with van der Waals surface area (Å²) in [5.41, 5.74) is 1.30. The molecule has 7 nitrogen and oxygen atoms in total. The molecule has 1 aliphatic heterocycles. The molecule has 3 rings (SSSR count). The topological polar surface area (TPSA) is 88.4 Å². The maximum Gasteiger partial charge on any atom is 0.335 e. The van der Waals surface area contributed by atoms with Crippen LogP contribution in [0.1, 0.15) is 15.9 Å². The minimum atomic E-state index is -1.03. The number of hydrogen-bond donors (Lipinski definition) is 1. The monoisotopic (exact) mass is 398 g/mol. The van der Waals surface area contributed by atoms with Crippen molar-refractivity contribution in [1.82, 2.24) is 4.90 Å². The Morgan fingerprint density at radius 3 is 2.64 bits per heavy atom. The van der Waals surface area contributed by atoms with E-state index in [0.717, 1.165) is 0 Å². The molecule has 1 N–H and O–H groups in total. The lowest BCUT2D eigenvalue weighted by Gasteiger charge is -2.08. The molecule has 144 valence electrons. The number of methoxy groups -OCH3 is 2. The molecule has 1 aliphatic rings. The van der Waals surface area contributed by atoms with E-state index in [1.807, 2.05) is 0 Å². The summed E-state index contributed by atoms with van der Waals surface area (Å²) in [6, 6.07) is 11.6. The van der Waals surface area contributed by atoms with E-state index in [4.69, 9.17) is 14.6 Å². The molecule has 0 radical (unpaired) electrons. The van der Waals surface area contributed by atoms with E-state index >= 15 is 0 Å². The number of amidine groups is 1. The molecule has 8 heteroatoms. The number of benzene rings is 2. The van der Waals surface area contributed by atoms with Crippen molar-refractivity contribution >= 4 is 40.6 Å². The highest BCUT2D eigenvalue weighted by Crippen LogP contribution is 2.35. The first-order valence-corrected chi connectivity index (χ1v) is 9.06. The zero-order chi connectivity index (χ0) is 20.3. The Hall–Kier alpha value is -3.26. The van der Waals surface area contributed by atoms with Crippen LogP contribution in [0, 0.1) is 0 Å². The number of likely N-dealkylation sites (N-methyl/N-ethyl adjacent to an activating group) is 1. The van der Waals surface area contributed by atoms with Crippen molar-refractivity contribution in [3.8, 4) is 11.5 Å². The van der Waals surface area contributed by atoms with Gasteiger partial charge in [0.05, 0.1) is 30.4 Å². The van der Waals surface area contributed by atoms with Gasteiger partial charge in [-0.1, -0.05) is 6.07 Å². The number of carboxylic acids is 1. The van der Waals surface area contributed by atoms with Gasteiger partial charge in [-0.3, -0.25) is 9.69 Å². The summed E-state index contributed by atoms with van der Waals surface area (Å²) in [6.07, 6.45) is 1.72. The number of thioether (sulfide) groups is 1. The van der Waals surface area contributed by atoms with E-state index < -0.39 is 5.97 Å². The molecular weight excluding hydrogens is 380 g/mol. The normalized spacial score (nSPS) is 16.7. The molecular formula is C20H18N2O5S. The Kier molecular flexibility index (Phi) is 5.70. The molecule has 28 heavy (non-hydrogen) atoms. The second-order valence-corrected chi connectivity index (χ2v) is 6.84. The van der Waals surface area contributed by atoms with Crippen LogP contribution in [0.2, 0.25) is 0 Å². The summed E-state index contributed by atoms with van der Waals surface area (Å²) >= 11 is 1.21. The van der Waals surface area contributed by atoms with Crippen molar-refractivity contribution < 1.29 is 24.2 Å². The van der Waals surface area contributed by atoms with Crippen molar-refractivity contribution in [2.45, 2.75) is 0 Å². The van der Waals surface area contributed by atoms with Gasteiger partial charge in [0.2, 0.25) is 0 Å². The number of rotatable bonds is 5. The van der Waals surface area contributed by atoms with Gasteiger partial charge < -0.3 is 14.6 Å². The highest BCUT2D eigenvalue weighted by atomic mass is 32.2. The van der Waals surface area contributed by atoms with Crippen LogP contribution < -0.4 is 9.47 Å². The number of aromatic carboxylic acids is 1. The van der Waals surface area contributed by atoms with E-state index in [1.165, 1.54) is 28.8 Å². The van der Waals surface area contributed by atoms with Crippen molar-refractivity contribution in [2.75, 3.05) is 21.3 Å². The third kappa shape index (κ3) is 4.01. The largest absolute Gasteiger partial charge is 0.497 e. The minimum Gasteiger partial charge on any atom is -0.497 e. The third-order valence-corrected chi connectivity index (χ3v) is 5.11. The lowest BCUT2D eigenvalue weighted by atomic mass is 10.1. The molecule has 0 bridgehead atoms. The van der Waals surface area contributed by atoms with Gasteiger partial charge in [0.25, 0.3) is 5.91 Å². The molecule has 1 heterocycles. The fourth-order valence-electron chi connectivity index (χ4n) is 2.56. The van der Waals surface area contributed by atoms with Crippen LogP contribution >= 0.6 is 11.8 Å². The first kappa shape index (κ1) is 19.5. The van der Waals surface area contributed by atoms with Crippen LogP contribution in [0.4, 0.5) is 5.69 Å². The minimum absolute atomic E-state index is 0.135. The Balaban J connectivity index is 1.95. The number of hydrogen-bond acceptors (Lipinski definition) is 6. The zero-order valence-corrected chi connectivity index (χ0v) is 16.3. The molecule has 1 amide bonds. The molecule has 0 aromatic heterocycles. The zero-order valence-electron chi connectivity index (χ0n) is 15.5. The van der Waals surface area contributed by atoms with Gasteiger partial charge in [0.15, 0.2) is 5.17 Å². The SMILES string of the molecule is COc1ccc(OC)c(/C=C2/SC(=Nc3cccc(C(=O)O)c3)N(C)C2=O)c1. The van der Waals surface area contributed by atoms with Crippen LogP contribution in [0.3, 0.4) is 0 Å². The Morgan fingerprint density at radius 1 is 1.18 bits per heavy atom. The summed E-state index contributed by atoms with van der Waals surface area (Å²) < 4.78 is 10.6. The Morgan fingerprint density at radius 2 is 1.96 bits per heavy atom. The average Bonchev–Trinajstić information content (AvgIpc) is 2.96. The lowest BCUT2D eigenvalue weighted by molar-refractivity contribution is -0.121. The summed E-state index contributed by atoms with van der Waals surface area (Å²) in [5.74, 6) is 0.0269. The van der Waals surface area contributed by atoms with Crippen LogP contribution in [0.15, 0.2) is 52.4 Å². The summed E-state index contributed by atoms with van der Waals surface area (Å²) in [7, 11) is 4.75. The number of carbonyl (C=O) groups excluding carboxylic acids is 1. The van der Waals surface area contributed by atoms with Gasteiger partial charge in [-0.05, 0) is 54.2 Å². The van der Waals surface area contributed by atoms with Gasteiger partial charge in [0, 0.05) is 12.6 Å². The summed E-state index contributed by atoms with van der Waals surface area (Å²) in [5, 5.41) is 9.57. The van der Waals surface area contributed by atoms with Gasteiger partial charge in [0.1, 0.15) is 11.5 Å². The first-order chi connectivity index (χ1) is 13.4. The smallest absolute Gasteiger partial charge is 0.335 e. The standard InChI is InChI=1S/C20H18N2O5S/c1-22-18(23)17(11-13-10-15(26-2)7-8-16(13)27-3)28-20(22)21-14-6-4-5-12(9-14)19(24)25/h4-11H,1-3H3,(H,24,25)/b17-11+,21-20?. The predicted octanol–water partition coefficient (Wildman–Crippen LogP) is 3.64. The van der Waals surface area contributed by atoms with Crippen molar-refractivity contribution in [2.24, 2.45) is 4.99 Å². The fraction of sp³-hybridized carbons (Fsp3) is 0.150. The number of aliphatic imine (C=N–C) groups is 1. The van der Waals surface area contributed by atoms with Gasteiger partial charge in [-0.2, -0.15) is 0 Å². The maximum atomic E-state index is 12.6. The highest BCUT2D eigenvalue weighted by molar-refractivity contribution is 8.18. The van der Waals surface area contributed by atoms with Crippen LogP contribution in [0.5, 0.6) is 11.5 Å². The van der Waals surface area contributed by atoms with E-state index in [0.29, 0.717) is 32.8 Å². The predicted molar refractivity (Wildman–Crippen MR) is 108 cm³/mol. The number of nitrogens with zero attached hydrogens (tertiary/aromatic N) is 2. The molecule has 1 fully saturated rings. The molecule has 0 spiro atoms. The van der Waals surface area contributed by atoms with Crippen LogP contribution in [0.25, 0.3) is 6.08 Å². The molecule has 0 atom stereocenters. The molecule has 2 aromatic carbocycles. The number of carbonyl (C=O) groups is 2. The second kappa shape index (κ2) is 8.18. The van der Waals surface area contributed by atoms with Gasteiger partial charge >= 0.3 is 5.97 Å². The van der Waals surface area contributed by atoms with Gasteiger partial charge in [-0.25, -0.2) is 9.79 Å². The highest BCUT2D eigenvalue weighted by Gasteiger charge is 2.30. The fourth-order valence-corrected chi connectivity index (χ4v) is 3.54. The van der Waals surface area contributed by atoms with E-state index in [-0.39, 0.29) is 11.5 Å². The summed E-state index contributed by atoms with van der Waals surface area (Å²) in [4.78, 5) is 30.1. The van der Waals surface area contributed by atoms with Crippen LogP contribution in [-0.4, -0.2) is 48.3 Å². The van der Waals surface area contributed by atoms with Crippen LogP contribution in [-0.2, 0) is 4.79 Å². The van der Waals surface area contributed by atoms with E-state index in [2.05, 4.69) is 4.99 Å². The van der Waals surface area contributed by atoms with Crippen molar-refractivity contribution in [3.63, 3.8) is 0 Å². The Bertz CT molecular complexity index is 1000. The molecule has 0 unspecified atom stereocenters. The molecule has 1 saturated heterocycles. The first-order valence-electron chi connectivity index (χ1n) is 8.24. The lowest BCUT2D eigenvalue weighted by Crippen LogP contribution is -2.23. The Labute approximate surface area is 166 Å². The molecule has 2 aromatic rings. The van der Waals surface area contributed by atoms with Crippen molar-refractivity contribution in [1.29, 1.82) is 0 Å². The number of carboxylic acid groups (broad SMARTS) is 1. The van der Waals surface area contributed by atoms with Crippen molar-refractivity contribution in [3.05, 3.63) is 58.5 Å². The average molecular weight is 398 g/mol. The number of amides is 1. The van der Waals surface area contributed by atoms with E-state index in [9.17, 15) is 9.59 Å². The van der Waals surface area contributed by atoms with Gasteiger partial charge in [-0.15, -0.1) is 0 Å². The third-order valence-electron chi connectivity index (χ3n) is 4.04. The maximum absolute atomic E-state index is 12.6. The molecule has 0 saturated carbocycles. The number of ether oxygens (including phenoxy) is 2. The quantitative estimate of drug-likeness (QED) is 0.774.